The maximum absolute atomic E-state index is 14.8. The fraction of sp³-hybridized carbons (Fsp3) is 0.611. The number of ether oxygens (including phenoxy) is 1. The third-order valence-corrected chi connectivity index (χ3v) is 5.07. The summed E-state index contributed by atoms with van der Waals surface area (Å²) in [6.07, 6.45) is 3.56. The van der Waals surface area contributed by atoms with Crippen LogP contribution < -0.4 is 15.5 Å². The molecule has 0 spiro atoms. The number of nitrogens with zero attached hydrogens (tertiary/aromatic N) is 2. The summed E-state index contributed by atoms with van der Waals surface area (Å²) >= 11 is 0. The molecule has 2 fully saturated rings. The van der Waals surface area contributed by atoms with Crippen LogP contribution in [0.3, 0.4) is 0 Å². The van der Waals surface area contributed by atoms with Crippen LogP contribution in [-0.2, 0) is 4.74 Å². The lowest BCUT2D eigenvalue weighted by Crippen LogP contribution is -2.35. The van der Waals surface area contributed by atoms with Gasteiger partial charge in [-0.25, -0.2) is 9.18 Å². The van der Waals surface area contributed by atoms with E-state index < -0.39 is 6.09 Å². The molecule has 0 saturated carbocycles. The van der Waals surface area contributed by atoms with Gasteiger partial charge >= 0.3 is 6.09 Å². The number of halogens is 1. The highest BCUT2D eigenvalue weighted by atomic mass is 19.1. The van der Waals surface area contributed by atoms with Crippen molar-refractivity contribution in [3.8, 4) is 0 Å². The summed E-state index contributed by atoms with van der Waals surface area (Å²) in [5.41, 5.74) is 6.70. The summed E-state index contributed by atoms with van der Waals surface area (Å²) in [7, 11) is 0. The van der Waals surface area contributed by atoms with Crippen molar-refractivity contribution in [3.63, 3.8) is 0 Å². The molecule has 3 rings (SSSR count). The third kappa shape index (κ3) is 3.07. The summed E-state index contributed by atoms with van der Waals surface area (Å²) < 4.78 is 19.9. The van der Waals surface area contributed by atoms with Crippen LogP contribution in [0, 0.1) is 5.82 Å². The molecule has 2 N–H and O–H groups in total. The normalized spacial score (nSPS) is 27.0. The number of anilines is 2. The Kier molecular flexibility index (Phi) is 4.94. The Bertz CT molecular complexity index is 608. The predicted molar refractivity (Wildman–Crippen MR) is 92.9 cm³/mol. The van der Waals surface area contributed by atoms with Crippen molar-refractivity contribution in [1.29, 1.82) is 0 Å². The van der Waals surface area contributed by atoms with Crippen molar-refractivity contribution in [2.75, 3.05) is 22.9 Å². The number of hydrogen-bond donors (Lipinski definition) is 1. The van der Waals surface area contributed by atoms with Crippen LogP contribution in [0.15, 0.2) is 18.2 Å². The largest absolute Gasteiger partial charge is 0.443 e. The highest BCUT2D eigenvalue weighted by Gasteiger charge is 2.34. The van der Waals surface area contributed by atoms with Gasteiger partial charge in [0.15, 0.2) is 0 Å². The predicted octanol–water partition coefficient (Wildman–Crippen LogP) is 3.27. The zero-order chi connectivity index (χ0) is 17.3. The van der Waals surface area contributed by atoms with Crippen LogP contribution in [0.2, 0.25) is 0 Å². The van der Waals surface area contributed by atoms with Gasteiger partial charge in [-0.2, -0.15) is 0 Å². The lowest BCUT2D eigenvalue weighted by molar-refractivity contribution is 0.145. The Morgan fingerprint density at radius 1 is 1.38 bits per heavy atom. The Morgan fingerprint density at radius 2 is 2.17 bits per heavy atom. The van der Waals surface area contributed by atoms with E-state index in [0.29, 0.717) is 30.0 Å². The van der Waals surface area contributed by atoms with Crippen molar-refractivity contribution in [1.82, 2.24) is 0 Å². The number of rotatable bonds is 5. The average molecular weight is 335 g/mol. The second-order valence-corrected chi connectivity index (χ2v) is 6.76. The van der Waals surface area contributed by atoms with E-state index >= 15 is 0 Å². The maximum atomic E-state index is 14.8. The molecule has 2 aliphatic heterocycles. The monoisotopic (exact) mass is 335 g/mol. The van der Waals surface area contributed by atoms with E-state index in [2.05, 4.69) is 18.7 Å². The third-order valence-electron chi connectivity index (χ3n) is 5.07. The van der Waals surface area contributed by atoms with Gasteiger partial charge in [-0.3, -0.25) is 4.90 Å². The molecule has 2 heterocycles. The maximum Gasteiger partial charge on any atom is 0.414 e. The number of amides is 1. The first kappa shape index (κ1) is 17.0. The average Bonchev–Trinajstić information content (AvgIpc) is 3.11. The van der Waals surface area contributed by atoms with Crippen LogP contribution in [0.5, 0.6) is 0 Å². The Labute approximate surface area is 142 Å². The van der Waals surface area contributed by atoms with Gasteiger partial charge in [0.2, 0.25) is 0 Å². The van der Waals surface area contributed by atoms with Crippen LogP contribution in [0.4, 0.5) is 20.6 Å². The van der Waals surface area contributed by atoms with Gasteiger partial charge in [0.1, 0.15) is 11.9 Å². The molecule has 0 aromatic heterocycles. The van der Waals surface area contributed by atoms with Gasteiger partial charge in [-0.15, -0.1) is 0 Å². The van der Waals surface area contributed by atoms with Crippen LogP contribution >= 0.6 is 0 Å². The summed E-state index contributed by atoms with van der Waals surface area (Å²) in [5, 5.41) is 0. The first-order valence-corrected chi connectivity index (χ1v) is 8.81. The van der Waals surface area contributed by atoms with Crippen LogP contribution in [-0.4, -0.2) is 37.4 Å². The number of carbonyl (C=O) groups excluding carboxylic acids is 1. The van der Waals surface area contributed by atoms with E-state index in [1.54, 1.807) is 12.1 Å². The lowest BCUT2D eigenvalue weighted by Gasteiger charge is -2.31. The zero-order valence-corrected chi connectivity index (χ0v) is 14.4. The Morgan fingerprint density at radius 3 is 2.79 bits per heavy atom. The first-order chi connectivity index (χ1) is 11.5. The topological polar surface area (TPSA) is 58.8 Å². The van der Waals surface area contributed by atoms with E-state index in [0.717, 1.165) is 25.7 Å². The lowest BCUT2D eigenvalue weighted by atomic mass is 10.1. The quantitative estimate of drug-likeness (QED) is 0.897. The molecule has 0 radical (unpaired) electrons. The smallest absolute Gasteiger partial charge is 0.414 e. The second-order valence-electron chi connectivity index (χ2n) is 6.76. The molecule has 0 aliphatic carbocycles. The number of carbonyl (C=O) groups is 1. The van der Waals surface area contributed by atoms with Gasteiger partial charge in [0.25, 0.3) is 0 Å². The Hall–Kier alpha value is -1.82. The molecule has 1 aromatic rings. The molecule has 0 bridgehead atoms. The van der Waals surface area contributed by atoms with E-state index in [-0.39, 0.29) is 18.5 Å². The zero-order valence-electron chi connectivity index (χ0n) is 14.4. The minimum Gasteiger partial charge on any atom is -0.443 e. The van der Waals surface area contributed by atoms with Gasteiger partial charge < -0.3 is 15.4 Å². The summed E-state index contributed by atoms with van der Waals surface area (Å²) in [6.45, 7) is 4.94. The van der Waals surface area contributed by atoms with E-state index in [1.165, 1.54) is 11.0 Å². The standard InChI is InChI=1S/C18H26FN3O2/c1-3-4-13-6-5-12(2)22(13)17-8-7-14(9-16(17)19)21-11-15(10-20)24-18(21)23/h7-9,12-13,15H,3-6,10-11,20H2,1-2H3/t12?,13?,15-/m0/s1. The molecular weight excluding hydrogens is 309 g/mol. The molecule has 1 amide bonds. The Balaban J connectivity index is 1.83. The van der Waals surface area contributed by atoms with Crippen molar-refractivity contribution >= 4 is 17.5 Å². The molecular formula is C18H26FN3O2. The first-order valence-electron chi connectivity index (χ1n) is 8.81. The van der Waals surface area contributed by atoms with E-state index in [4.69, 9.17) is 10.5 Å². The number of hydrogen-bond acceptors (Lipinski definition) is 4. The van der Waals surface area contributed by atoms with Crippen molar-refractivity contribution in [2.45, 2.75) is 57.7 Å². The molecule has 6 heteroatoms. The van der Waals surface area contributed by atoms with E-state index in [9.17, 15) is 9.18 Å². The van der Waals surface area contributed by atoms with Gasteiger partial charge in [-0.05, 0) is 44.4 Å². The fourth-order valence-electron chi connectivity index (χ4n) is 3.85. The van der Waals surface area contributed by atoms with Gasteiger partial charge in [-0.1, -0.05) is 13.3 Å². The number of cyclic esters (lactones) is 1. The van der Waals surface area contributed by atoms with E-state index in [1.807, 2.05) is 0 Å². The minimum atomic E-state index is -0.462. The van der Waals surface area contributed by atoms with Crippen molar-refractivity contribution in [3.05, 3.63) is 24.0 Å². The van der Waals surface area contributed by atoms with Crippen LogP contribution in [0.1, 0.15) is 39.5 Å². The molecule has 132 valence electrons. The molecule has 2 saturated heterocycles. The van der Waals surface area contributed by atoms with Crippen molar-refractivity contribution < 1.29 is 13.9 Å². The second kappa shape index (κ2) is 6.97. The fourth-order valence-corrected chi connectivity index (χ4v) is 3.85. The molecule has 5 nitrogen and oxygen atoms in total. The number of nitrogens with two attached hydrogens (primary N) is 1. The molecule has 24 heavy (non-hydrogen) atoms. The highest BCUT2D eigenvalue weighted by molar-refractivity contribution is 5.90. The van der Waals surface area contributed by atoms with Crippen LogP contribution in [0.25, 0.3) is 0 Å². The summed E-state index contributed by atoms with van der Waals surface area (Å²) in [6, 6.07) is 5.75. The molecule has 2 unspecified atom stereocenters. The van der Waals surface area contributed by atoms with Gasteiger partial charge in [0, 0.05) is 18.6 Å². The molecule has 3 atom stereocenters. The minimum absolute atomic E-state index is 0.271. The van der Waals surface area contributed by atoms with Crippen molar-refractivity contribution in [2.24, 2.45) is 5.73 Å². The van der Waals surface area contributed by atoms with Gasteiger partial charge in [0.05, 0.1) is 17.9 Å². The SMILES string of the molecule is CCCC1CCC(C)N1c1ccc(N2C[C@H](CN)OC2=O)cc1F. The molecule has 2 aliphatic rings. The summed E-state index contributed by atoms with van der Waals surface area (Å²) in [4.78, 5) is 15.5. The molecule has 1 aromatic carbocycles. The summed E-state index contributed by atoms with van der Waals surface area (Å²) in [5.74, 6) is -0.286. The highest BCUT2D eigenvalue weighted by Crippen LogP contribution is 2.36. The number of benzene rings is 1.